The Morgan fingerprint density at radius 2 is 1.81 bits per heavy atom. The molecule has 1 aromatic rings. The summed E-state index contributed by atoms with van der Waals surface area (Å²) in [6, 6.07) is 0. The maximum absolute atomic E-state index is 13.1. The zero-order valence-corrected chi connectivity index (χ0v) is 16.7. The topological polar surface area (TPSA) is 58.4 Å². The Morgan fingerprint density at radius 1 is 1.12 bits per heavy atom. The second-order valence-corrected chi connectivity index (χ2v) is 7.85. The van der Waals surface area contributed by atoms with Crippen molar-refractivity contribution in [1.29, 1.82) is 0 Å². The van der Waals surface area contributed by atoms with Crippen molar-refractivity contribution in [3.63, 3.8) is 0 Å². The monoisotopic (exact) mass is 360 g/mol. The van der Waals surface area contributed by atoms with E-state index in [0.29, 0.717) is 19.5 Å². The zero-order valence-electron chi connectivity index (χ0n) is 16.7. The van der Waals surface area contributed by atoms with Gasteiger partial charge in [-0.2, -0.15) is 5.10 Å². The Kier molecular flexibility index (Phi) is 5.39. The van der Waals surface area contributed by atoms with E-state index in [2.05, 4.69) is 18.9 Å². The minimum Gasteiger partial charge on any atom is -0.341 e. The summed E-state index contributed by atoms with van der Waals surface area (Å²) in [7, 11) is 0. The highest BCUT2D eigenvalue weighted by Gasteiger charge is 2.52. The SMILES string of the molecule is CCCN1CCCC2(CCCN2C(=O)CCn2nc(C)c(C)c2C)C1=O. The van der Waals surface area contributed by atoms with Gasteiger partial charge in [-0.3, -0.25) is 14.3 Å². The maximum Gasteiger partial charge on any atom is 0.248 e. The number of hydrogen-bond donors (Lipinski definition) is 0. The second kappa shape index (κ2) is 7.41. The van der Waals surface area contributed by atoms with Crippen molar-refractivity contribution in [3.8, 4) is 0 Å². The molecule has 0 saturated carbocycles. The van der Waals surface area contributed by atoms with Gasteiger partial charge in [0.1, 0.15) is 5.54 Å². The fraction of sp³-hybridized carbons (Fsp3) is 0.750. The zero-order chi connectivity index (χ0) is 18.9. The van der Waals surface area contributed by atoms with E-state index < -0.39 is 5.54 Å². The van der Waals surface area contributed by atoms with Crippen LogP contribution >= 0.6 is 0 Å². The minimum atomic E-state index is -0.574. The van der Waals surface area contributed by atoms with E-state index in [0.717, 1.165) is 56.6 Å². The molecule has 144 valence electrons. The van der Waals surface area contributed by atoms with Crippen LogP contribution in [0.5, 0.6) is 0 Å². The Morgan fingerprint density at radius 3 is 2.42 bits per heavy atom. The summed E-state index contributed by atoms with van der Waals surface area (Å²) in [6.45, 7) is 11.1. The molecule has 0 radical (unpaired) electrons. The number of likely N-dealkylation sites (tertiary alicyclic amines) is 2. The van der Waals surface area contributed by atoms with Crippen molar-refractivity contribution in [2.75, 3.05) is 19.6 Å². The van der Waals surface area contributed by atoms with Gasteiger partial charge in [-0.1, -0.05) is 6.92 Å². The Labute approximate surface area is 156 Å². The molecule has 3 rings (SSSR count). The Balaban J connectivity index is 1.72. The molecule has 3 heterocycles. The van der Waals surface area contributed by atoms with Crippen LogP contribution in [0.4, 0.5) is 0 Å². The number of aromatic nitrogens is 2. The van der Waals surface area contributed by atoms with Gasteiger partial charge in [0, 0.05) is 38.3 Å². The number of nitrogens with zero attached hydrogens (tertiary/aromatic N) is 4. The molecule has 1 aromatic heterocycles. The number of hydrogen-bond acceptors (Lipinski definition) is 3. The molecular formula is C20H32N4O2. The summed E-state index contributed by atoms with van der Waals surface area (Å²) in [5.41, 5.74) is 2.75. The highest BCUT2D eigenvalue weighted by atomic mass is 16.2. The van der Waals surface area contributed by atoms with Crippen LogP contribution in [-0.2, 0) is 16.1 Å². The molecule has 6 heteroatoms. The van der Waals surface area contributed by atoms with Gasteiger partial charge in [0.15, 0.2) is 0 Å². The number of piperidine rings is 1. The molecule has 1 spiro atoms. The van der Waals surface area contributed by atoms with Crippen molar-refractivity contribution in [2.45, 2.75) is 78.3 Å². The van der Waals surface area contributed by atoms with Crippen LogP contribution in [0.3, 0.4) is 0 Å². The van der Waals surface area contributed by atoms with Crippen LogP contribution in [0.2, 0.25) is 0 Å². The van der Waals surface area contributed by atoms with E-state index in [-0.39, 0.29) is 11.8 Å². The average molecular weight is 361 g/mol. The maximum atomic E-state index is 13.1. The van der Waals surface area contributed by atoms with Crippen LogP contribution in [0.15, 0.2) is 0 Å². The predicted molar refractivity (Wildman–Crippen MR) is 101 cm³/mol. The molecule has 0 N–H and O–H groups in total. The second-order valence-electron chi connectivity index (χ2n) is 7.85. The summed E-state index contributed by atoms with van der Waals surface area (Å²) in [4.78, 5) is 30.0. The molecule has 6 nitrogen and oxygen atoms in total. The van der Waals surface area contributed by atoms with Gasteiger partial charge in [0.25, 0.3) is 0 Å². The number of carbonyl (C=O) groups excluding carboxylic acids is 2. The molecular weight excluding hydrogens is 328 g/mol. The third-order valence-electron chi connectivity index (χ3n) is 6.27. The third-order valence-corrected chi connectivity index (χ3v) is 6.27. The number of carbonyl (C=O) groups is 2. The normalized spacial score (nSPS) is 23.3. The lowest BCUT2D eigenvalue weighted by molar-refractivity contribution is -0.155. The Bertz CT molecular complexity index is 694. The Hall–Kier alpha value is -1.85. The molecule has 0 bridgehead atoms. The van der Waals surface area contributed by atoms with Crippen LogP contribution in [-0.4, -0.2) is 56.6 Å². The van der Waals surface area contributed by atoms with Gasteiger partial charge in [-0.05, 0) is 58.4 Å². The van der Waals surface area contributed by atoms with E-state index >= 15 is 0 Å². The number of amides is 2. The fourth-order valence-electron chi connectivity index (χ4n) is 4.61. The van der Waals surface area contributed by atoms with E-state index in [1.165, 1.54) is 5.56 Å². The van der Waals surface area contributed by atoms with Crippen molar-refractivity contribution in [2.24, 2.45) is 0 Å². The van der Waals surface area contributed by atoms with Crippen molar-refractivity contribution < 1.29 is 9.59 Å². The van der Waals surface area contributed by atoms with Crippen LogP contribution in [0.1, 0.15) is 62.4 Å². The lowest BCUT2D eigenvalue weighted by Crippen LogP contribution is -2.61. The molecule has 0 aliphatic carbocycles. The average Bonchev–Trinajstić information content (AvgIpc) is 3.15. The molecule has 2 aliphatic heterocycles. The van der Waals surface area contributed by atoms with Crippen molar-refractivity contribution >= 4 is 11.8 Å². The van der Waals surface area contributed by atoms with Crippen LogP contribution in [0, 0.1) is 20.8 Å². The molecule has 0 aromatic carbocycles. The third kappa shape index (κ3) is 3.14. The first kappa shape index (κ1) is 18.9. The van der Waals surface area contributed by atoms with E-state index in [1.54, 1.807) is 0 Å². The summed E-state index contributed by atoms with van der Waals surface area (Å²) in [6.07, 6.45) is 4.92. The quantitative estimate of drug-likeness (QED) is 0.811. The first-order valence-corrected chi connectivity index (χ1v) is 10.0. The molecule has 1 unspecified atom stereocenters. The van der Waals surface area contributed by atoms with Gasteiger partial charge in [-0.25, -0.2) is 0 Å². The first-order chi connectivity index (χ1) is 12.4. The molecule has 2 aliphatic rings. The molecule has 26 heavy (non-hydrogen) atoms. The molecule has 2 fully saturated rings. The van der Waals surface area contributed by atoms with Gasteiger partial charge in [0.05, 0.1) is 5.69 Å². The van der Waals surface area contributed by atoms with Crippen LogP contribution < -0.4 is 0 Å². The van der Waals surface area contributed by atoms with E-state index in [9.17, 15) is 9.59 Å². The molecule has 2 amide bonds. The highest BCUT2D eigenvalue weighted by Crippen LogP contribution is 2.38. The fourth-order valence-corrected chi connectivity index (χ4v) is 4.61. The van der Waals surface area contributed by atoms with Crippen molar-refractivity contribution in [1.82, 2.24) is 19.6 Å². The van der Waals surface area contributed by atoms with Crippen LogP contribution in [0.25, 0.3) is 0 Å². The smallest absolute Gasteiger partial charge is 0.248 e. The summed E-state index contributed by atoms with van der Waals surface area (Å²) < 4.78 is 1.93. The summed E-state index contributed by atoms with van der Waals surface area (Å²) in [5.74, 6) is 0.276. The van der Waals surface area contributed by atoms with Gasteiger partial charge in [0.2, 0.25) is 11.8 Å². The number of rotatable bonds is 5. The minimum absolute atomic E-state index is 0.0967. The summed E-state index contributed by atoms with van der Waals surface area (Å²) >= 11 is 0. The highest BCUT2D eigenvalue weighted by molar-refractivity contribution is 5.92. The summed E-state index contributed by atoms with van der Waals surface area (Å²) in [5, 5.41) is 4.53. The predicted octanol–water partition coefficient (Wildman–Crippen LogP) is 2.59. The first-order valence-electron chi connectivity index (χ1n) is 10.0. The van der Waals surface area contributed by atoms with Gasteiger partial charge >= 0.3 is 0 Å². The van der Waals surface area contributed by atoms with E-state index in [4.69, 9.17) is 0 Å². The van der Waals surface area contributed by atoms with Gasteiger partial charge in [-0.15, -0.1) is 0 Å². The van der Waals surface area contributed by atoms with Crippen molar-refractivity contribution in [3.05, 3.63) is 17.0 Å². The number of aryl methyl sites for hydroxylation is 2. The molecule has 2 saturated heterocycles. The largest absolute Gasteiger partial charge is 0.341 e. The standard InChI is InChI=1S/C20H32N4O2/c1-5-11-22-12-6-9-20(19(22)26)10-7-13-23(20)18(25)8-14-24-17(4)15(2)16(3)21-24/h5-14H2,1-4H3. The lowest BCUT2D eigenvalue weighted by atomic mass is 9.85. The lowest BCUT2D eigenvalue weighted by Gasteiger charge is -2.44. The van der Waals surface area contributed by atoms with E-state index in [1.807, 2.05) is 28.3 Å². The molecule has 1 atom stereocenters. The van der Waals surface area contributed by atoms with Gasteiger partial charge < -0.3 is 9.80 Å².